The molecular formula is C10H7NO6S. The van der Waals surface area contributed by atoms with Crippen LogP contribution in [0.4, 0.5) is 5.69 Å². The first-order chi connectivity index (χ1) is 8.32. The number of nitro groups is 1. The van der Waals surface area contributed by atoms with Crippen LogP contribution >= 0.6 is 0 Å². The highest BCUT2D eigenvalue weighted by Crippen LogP contribution is 2.38. The molecule has 0 saturated heterocycles. The van der Waals surface area contributed by atoms with Crippen LogP contribution in [0.3, 0.4) is 0 Å². The van der Waals surface area contributed by atoms with Crippen LogP contribution in [0.2, 0.25) is 0 Å². The average Bonchev–Trinajstić information content (AvgIpc) is 2.25. The number of fused-ring (bicyclic) bond motifs is 1. The normalized spacial score (nSPS) is 11.6. The van der Waals surface area contributed by atoms with Crippen molar-refractivity contribution in [2.24, 2.45) is 0 Å². The fourth-order valence-corrected chi connectivity index (χ4v) is 2.43. The maximum absolute atomic E-state index is 11.2. The highest BCUT2D eigenvalue weighted by atomic mass is 32.2. The Morgan fingerprint density at radius 3 is 2.22 bits per heavy atom. The van der Waals surface area contributed by atoms with Gasteiger partial charge in [-0.15, -0.1) is 0 Å². The van der Waals surface area contributed by atoms with Crippen molar-refractivity contribution in [2.75, 3.05) is 0 Å². The van der Waals surface area contributed by atoms with Gasteiger partial charge in [0.15, 0.2) is 5.75 Å². The third-order valence-electron chi connectivity index (χ3n) is 2.42. The van der Waals surface area contributed by atoms with Gasteiger partial charge in [-0.2, -0.15) is 8.42 Å². The van der Waals surface area contributed by atoms with E-state index in [1.54, 1.807) is 0 Å². The molecular weight excluding hydrogens is 262 g/mol. The summed E-state index contributed by atoms with van der Waals surface area (Å²) in [5.74, 6) is -0.814. The van der Waals surface area contributed by atoms with E-state index < -0.39 is 31.4 Å². The van der Waals surface area contributed by atoms with E-state index in [2.05, 4.69) is 0 Å². The summed E-state index contributed by atoms with van der Waals surface area (Å²) < 4.78 is 31.3. The molecule has 0 bridgehead atoms. The van der Waals surface area contributed by atoms with Gasteiger partial charge in [-0.25, -0.2) is 0 Å². The Bertz CT molecular complexity index is 752. The van der Waals surface area contributed by atoms with E-state index in [1.165, 1.54) is 24.3 Å². The van der Waals surface area contributed by atoms with Crippen LogP contribution in [-0.4, -0.2) is 23.0 Å². The van der Waals surface area contributed by atoms with Crippen LogP contribution in [0.5, 0.6) is 5.75 Å². The molecule has 0 aliphatic heterocycles. The largest absolute Gasteiger partial charge is 0.502 e. The molecule has 0 atom stereocenters. The highest BCUT2D eigenvalue weighted by molar-refractivity contribution is 7.86. The number of hydrogen-bond acceptors (Lipinski definition) is 5. The van der Waals surface area contributed by atoms with Crippen molar-refractivity contribution in [3.63, 3.8) is 0 Å². The number of phenols is 1. The lowest BCUT2D eigenvalue weighted by Gasteiger charge is -2.06. The molecule has 0 fully saturated rings. The van der Waals surface area contributed by atoms with Crippen molar-refractivity contribution in [1.82, 2.24) is 0 Å². The number of rotatable bonds is 2. The predicted octanol–water partition coefficient (Wildman–Crippen LogP) is 1.70. The molecule has 0 aliphatic rings. The Labute approximate surface area is 101 Å². The van der Waals surface area contributed by atoms with Gasteiger partial charge in [0.1, 0.15) is 4.90 Å². The first-order valence-corrected chi connectivity index (χ1v) is 6.13. The summed E-state index contributed by atoms with van der Waals surface area (Å²) >= 11 is 0. The number of phenolic OH excluding ortho intramolecular Hbond substituents is 1. The Morgan fingerprint density at radius 1 is 1.17 bits per heavy atom. The number of benzene rings is 2. The predicted molar refractivity (Wildman–Crippen MR) is 62.1 cm³/mol. The van der Waals surface area contributed by atoms with Gasteiger partial charge in [0, 0.05) is 11.5 Å². The van der Waals surface area contributed by atoms with Gasteiger partial charge in [0.25, 0.3) is 10.1 Å². The van der Waals surface area contributed by atoms with Crippen molar-refractivity contribution in [3.8, 4) is 5.75 Å². The molecule has 2 aromatic carbocycles. The van der Waals surface area contributed by atoms with Crippen molar-refractivity contribution >= 4 is 26.6 Å². The number of hydrogen-bond donors (Lipinski definition) is 2. The Morgan fingerprint density at radius 2 is 1.72 bits per heavy atom. The molecule has 0 amide bonds. The van der Waals surface area contributed by atoms with Crippen molar-refractivity contribution in [3.05, 3.63) is 40.4 Å². The van der Waals surface area contributed by atoms with Crippen LogP contribution in [-0.2, 0) is 10.1 Å². The summed E-state index contributed by atoms with van der Waals surface area (Å²) in [6.45, 7) is 0. The quantitative estimate of drug-likeness (QED) is 0.486. The van der Waals surface area contributed by atoms with E-state index in [0.717, 1.165) is 0 Å². The molecule has 0 heterocycles. The minimum absolute atomic E-state index is 0.0236. The summed E-state index contributed by atoms with van der Waals surface area (Å²) in [6.07, 6.45) is 0. The van der Waals surface area contributed by atoms with Crippen LogP contribution in [0, 0.1) is 10.1 Å². The minimum Gasteiger partial charge on any atom is -0.502 e. The summed E-state index contributed by atoms with van der Waals surface area (Å²) in [5, 5.41) is 20.3. The summed E-state index contributed by atoms with van der Waals surface area (Å²) in [6, 6.07) is 6.20. The molecule has 0 spiro atoms. The molecule has 8 heteroatoms. The molecule has 2 N–H and O–H groups in total. The fraction of sp³-hybridized carbons (Fsp3) is 0. The first-order valence-electron chi connectivity index (χ1n) is 4.69. The van der Waals surface area contributed by atoms with E-state index in [-0.39, 0.29) is 10.8 Å². The Balaban J connectivity index is 3.04. The summed E-state index contributed by atoms with van der Waals surface area (Å²) in [4.78, 5) is 9.45. The van der Waals surface area contributed by atoms with Crippen LogP contribution < -0.4 is 0 Å². The molecule has 0 aromatic heterocycles. The smallest absolute Gasteiger partial charge is 0.318 e. The van der Waals surface area contributed by atoms with Crippen molar-refractivity contribution in [2.45, 2.75) is 4.90 Å². The van der Waals surface area contributed by atoms with Gasteiger partial charge in [-0.3, -0.25) is 14.7 Å². The van der Waals surface area contributed by atoms with Crippen molar-refractivity contribution < 1.29 is 23.0 Å². The molecule has 0 radical (unpaired) electrons. The first kappa shape index (κ1) is 12.3. The Kier molecular flexibility index (Phi) is 2.68. The fourth-order valence-electron chi connectivity index (χ4n) is 1.72. The van der Waals surface area contributed by atoms with E-state index >= 15 is 0 Å². The topological polar surface area (TPSA) is 118 Å². The minimum atomic E-state index is -4.58. The zero-order chi connectivity index (χ0) is 13.5. The summed E-state index contributed by atoms with van der Waals surface area (Å²) in [5.41, 5.74) is -0.599. The van der Waals surface area contributed by atoms with Gasteiger partial charge in [0.05, 0.1) is 10.3 Å². The standard InChI is InChI=1S/C10H7NO6S/c12-8-5-9(18(15,16)17)6-3-1-2-4-7(6)10(8)11(13)14/h1-5,12H,(H,15,16,17). The van der Waals surface area contributed by atoms with Crippen molar-refractivity contribution in [1.29, 1.82) is 0 Å². The molecule has 94 valence electrons. The number of nitrogens with zero attached hydrogens (tertiary/aromatic N) is 1. The summed E-state index contributed by atoms with van der Waals surface area (Å²) in [7, 11) is -4.58. The SMILES string of the molecule is O=[N+]([O-])c1c(O)cc(S(=O)(=O)O)c2ccccc12. The number of nitro benzene ring substituents is 1. The zero-order valence-corrected chi connectivity index (χ0v) is 9.59. The maximum atomic E-state index is 11.2. The molecule has 0 aliphatic carbocycles. The lowest BCUT2D eigenvalue weighted by Crippen LogP contribution is -2.01. The molecule has 2 aromatic rings. The molecule has 18 heavy (non-hydrogen) atoms. The molecule has 0 saturated carbocycles. The van der Waals surface area contributed by atoms with Crippen LogP contribution in [0.25, 0.3) is 10.8 Å². The van der Waals surface area contributed by atoms with E-state index in [9.17, 15) is 23.6 Å². The van der Waals surface area contributed by atoms with E-state index in [1.807, 2.05) is 0 Å². The van der Waals surface area contributed by atoms with E-state index in [0.29, 0.717) is 6.07 Å². The molecule has 2 rings (SSSR count). The second-order valence-corrected chi connectivity index (χ2v) is 4.91. The zero-order valence-electron chi connectivity index (χ0n) is 8.77. The van der Waals surface area contributed by atoms with Gasteiger partial charge < -0.3 is 5.11 Å². The van der Waals surface area contributed by atoms with Crippen LogP contribution in [0.15, 0.2) is 35.2 Å². The number of aromatic hydroxyl groups is 1. The second-order valence-electron chi connectivity index (χ2n) is 3.52. The van der Waals surface area contributed by atoms with Gasteiger partial charge in [-0.05, 0) is 6.07 Å². The lowest BCUT2D eigenvalue weighted by atomic mass is 10.1. The van der Waals surface area contributed by atoms with Gasteiger partial charge in [0.2, 0.25) is 0 Å². The van der Waals surface area contributed by atoms with Crippen LogP contribution in [0.1, 0.15) is 0 Å². The molecule has 0 unspecified atom stereocenters. The maximum Gasteiger partial charge on any atom is 0.318 e. The second kappa shape index (κ2) is 3.93. The monoisotopic (exact) mass is 269 g/mol. The average molecular weight is 269 g/mol. The molecule has 7 nitrogen and oxygen atoms in total. The van der Waals surface area contributed by atoms with Gasteiger partial charge in [-0.1, -0.05) is 18.2 Å². The van der Waals surface area contributed by atoms with E-state index in [4.69, 9.17) is 4.55 Å². The Hall–Kier alpha value is -2.19. The van der Waals surface area contributed by atoms with Gasteiger partial charge >= 0.3 is 5.69 Å². The lowest BCUT2D eigenvalue weighted by molar-refractivity contribution is -0.384. The third kappa shape index (κ3) is 1.87. The highest BCUT2D eigenvalue weighted by Gasteiger charge is 2.25. The third-order valence-corrected chi connectivity index (χ3v) is 3.31.